The van der Waals surface area contributed by atoms with Crippen molar-refractivity contribution in [3.63, 3.8) is 0 Å². The van der Waals surface area contributed by atoms with Crippen LogP contribution in [0.5, 0.6) is 0 Å². The molecule has 0 radical (unpaired) electrons. The largest absolute Gasteiger partial charge is 0.368 e. The summed E-state index contributed by atoms with van der Waals surface area (Å²) in [5.41, 5.74) is 2.52. The third-order valence-electron chi connectivity index (χ3n) is 3.24. The van der Waals surface area contributed by atoms with Crippen LogP contribution in [-0.4, -0.2) is 25.2 Å². The molecule has 1 aliphatic rings. The molecule has 1 saturated heterocycles. The Balaban J connectivity index is 2.25. The molecule has 0 aromatic heterocycles. The molecule has 17 heavy (non-hydrogen) atoms. The second kappa shape index (κ2) is 4.87. The Hall–Kier alpha value is -0.730. The Morgan fingerprint density at radius 3 is 2.82 bits per heavy atom. The molecule has 1 fully saturated rings. The third kappa shape index (κ3) is 3.14. The number of hydrogen-bond acceptors (Lipinski definition) is 2. The van der Waals surface area contributed by atoms with E-state index in [0.29, 0.717) is 0 Å². The maximum absolute atomic E-state index is 6.35. The fraction of sp³-hybridized carbons (Fsp3) is 0.571. The SMILES string of the molecule is Cc1ccc(N2CCCNC(C)(C)C2)c(Cl)c1. The van der Waals surface area contributed by atoms with Gasteiger partial charge in [-0.3, -0.25) is 0 Å². The Kier molecular flexibility index (Phi) is 3.64. The van der Waals surface area contributed by atoms with E-state index in [1.54, 1.807) is 0 Å². The van der Waals surface area contributed by atoms with Crippen LogP contribution in [-0.2, 0) is 0 Å². The Bertz CT molecular complexity index is 401. The van der Waals surface area contributed by atoms with Crippen molar-refractivity contribution < 1.29 is 0 Å². The van der Waals surface area contributed by atoms with Gasteiger partial charge in [-0.25, -0.2) is 0 Å². The van der Waals surface area contributed by atoms with Gasteiger partial charge in [0.15, 0.2) is 0 Å². The first-order chi connectivity index (χ1) is 7.98. The zero-order valence-electron chi connectivity index (χ0n) is 10.9. The third-order valence-corrected chi connectivity index (χ3v) is 3.54. The van der Waals surface area contributed by atoms with E-state index in [1.165, 1.54) is 5.56 Å². The van der Waals surface area contributed by atoms with Crippen LogP contribution in [0.3, 0.4) is 0 Å². The smallest absolute Gasteiger partial charge is 0.0642 e. The quantitative estimate of drug-likeness (QED) is 0.826. The topological polar surface area (TPSA) is 15.3 Å². The van der Waals surface area contributed by atoms with Gasteiger partial charge < -0.3 is 10.2 Å². The van der Waals surface area contributed by atoms with E-state index in [1.807, 2.05) is 6.07 Å². The standard InChI is InChI=1S/C14H21ClN2/c1-11-5-6-13(12(15)9-11)17-8-4-7-16-14(2,3)10-17/h5-6,9,16H,4,7-8,10H2,1-3H3. The van der Waals surface area contributed by atoms with Gasteiger partial charge >= 0.3 is 0 Å². The predicted molar refractivity (Wildman–Crippen MR) is 75.1 cm³/mol. The molecule has 3 heteroatoms. The molecule has 0 atom stereocenters. The molecule has 0 spiro atoms. The van der Waals surface area contributed by atoms with Gasteiger partial charge in [-0.2, -0.15) is 0 Å². The van der Waals surface area contributed by atoms with E-state index in [-0.39, 0.29) is 5.54 Å². The average Bonchev–Trinajstić information content (AvgIpc) is 2.39. The van der Waals surface area contributed by atoms with Crippen LogP contribution in [0.2, 0.25) is 5.02 Å². The molecule has 1 N–H and O–H groups in total. The second-order valence-electron chi connectivity index (χ2n) is 5.54. The number of benzene rings is 1. The lowest BCUT2D eigenvalue weighted by molar-refractivity contribution is 0.416. The van der Waals surface area contributed by atoms with Crippen molar-refractivity contribution in [2.75, 3.05) is 24.5 Å². The van der Waals surface area contributed by atoms with Crippen molar-refractivity contribution in [1.82, 2.24) is 5.32 Å². The molecule has 1 aromatic rings. The predicted octanol–water partition coefficient (Wildman–Crippen LogP) is 3.23. The molecule has 1 aliphatic heterocycles. The summed E-state index contributed by atoms with van der Waals surface area (Å²) in [6, 6.07) is 6.31. The van der Waals surface area contributed by atoms with E-state index in [9.17, 15) is 0 Å². The summed E-state index contributed by atoms with van der Waals surface area (Å²) in [5, 5.41) is 4.43. The molecular formula is C14H21ClN2. The molecule has 2 nitrogen and oxygen atoms in total. The van der Waals surface area contributed by atoms with Gasteiger partial charge in [0.2, 0.25) is 0 Å². The van der Waals surface area contributed by atoms with Crippen molar-refractivity contribution in [3.8, 4) is 0 Å². The van der Waals surface area contributed by atoms with Crippen LogP contribution in [0.1, 0.15) is 25.8 Å². The van der Waals surface area contributed by atoms with Crippen molar-refractivity contribution in [3.05, 3.63) is 28.8 Å². The maximum atomic E-state index is 6.35. The number of nitrogens with one attached hydrogen (secondary N) is 1. The fourth-order valence-corrected chi connectivity index (χ4v) is 2.74. The monoisotopic (exact) mass is 252 g/mol. The number of aryl methyl sites for hydroxylation is 1. The summed E-state index contributed by atoms with van der Waals surface area (Å²) < 4.78 is 0. The summed E-state index contributed by atoms with van der Waals surface area (Å²) >= 11 is 6.35. The van der Waals surface area contributed by atoms with Crippen molar-refractivity contribution in [2.24, 2.45) is 0 Å². The van der Waals surface area contributed by atoms with Crippen molar-refractivity contribution in [1.29, 1.82) is 0 Å². The number of halogens is 1. The minimum absolute atomic E-state index is 0.144. The highest BCUT2D eigenvalue weighted by Gasteiger charge is 2.24. The normalized spacial score (nSPS) is 20.1. The van der Waals surface area contributed by atoms with Crippen LogP contribution >= 0.6 is 11.6 Å². The van der Waals surface area contributed by atoms with Gasteiger partial charge in [-0.15, -0.1) is 0 Å². The van der Waals surface area contributed by atoms with Gasteiger partial charge in [0.05, 0.1) is 10.7 Å². The Morgan fingerprint density at radius 2 is 2.12 bits per heavy atom. The van der Waals surface area contributed by atoms with Gasteiger partial charge in [0.1, 0.15) is 0 Å². The van der Waals surface area contributed by atoms with Crippen LogP contribution in [0.4, 0.5) is 5.69 Å². The van der Waals surface area contributed by atoms with Gasteiger partial charge in [0, 0.05) is 18.6 Å². The van der Waals surface area contributed by atoms with Crippen LogP contribution in [0.15, 0.2) is 18.2 Å². The summed E-state index contributed by atoms with van der Waals surface area (Å²) in [7, 11) is 0. The minimum atomic E-state index is 0.144. The first-order valence-corrected chi connectivity index (χ1v) is 6.62. The van der Waals surface area contributed by atoms with Crippen molar-refractivity contribution >= 4 is 17.3 Å². The van der Waals surface area contributed by atoms with E-state index in [4.69, 9.17) is 11.6 Å². The zero-order valence-corrected chi connectivity index (χ0v) is 11.6. The highest BCUT2D eigenvalue weighted by Crippen LogP contribution is 2.28. The van der Waals surface area contributed by atoms with E-state index in [2.05, 4.69) is 43.1 Å². The van der Waals surface area contributed by atoms with Crippen molar-refractivity contribution in [2.45, 2.75) is 32.7 Å². The molecule has 0 saturated carbocycles. The molecule has 0 bridgehead atoms. The fourth-order valence-electron chi connectivity index (χ4n) is 2.38. The average molecular weight is 253 g/mol. The lowest BCUT2D eigenvalue weighted by Crippen LogP contribution is -2.46. The van der Waals surface area contributed by atoms with Crippen LogP contribution in [0, 0.1) is 6.92 Å². The van der Waals surface area contributed by atoms with Crippen LogP contribution < -0.4 is 10.2 Å². The molecule has 2 rings (SSSR count). The number of nitrogens with zero attached hydrogens (tertiary/aromatic N) is 1. The van der Waals surface area contributed by atoms with E-state index in [0.717, 1.165) is 36.8 Å². The van der Waals surface area contributed by atoms with E-state index >= 15 is 0 Å². The number of anilines is 1. The summed E-state index contributed by atoms with van der Waals surface area (Å²) in [4.78, 5) is 2.39. The summed E-state index contributed by atoms with van der Waals surface area (Å²) in [6.07, 6.45) is 1.16. The summed E-state index contributed by atoms with van der Waals surface area (Å²) in [5.74, 6) is 0. The molecule has 1 aromatic carbocycles. The second-order valence-corrected chi connectivity index (χ2v) is 5.95. The molecule has 94 valence electrons. The van der Waals surface area contributed by atoms with Gasteiger partial charge in [-0.05, 0) is 51.4 Å². The first kappa shape index (κ1) is 12.7. The van der Waals surface area contributed by atoms with Gasteiger partial charge in [0.25, 0.3) is 0 Å². The van der Waals surface area contributed by atoms with Gasteiger partial charge in [-0.1, -0.05) is 17.7 Å². The Labute approximate surface area is 109 Å². The Morgan fingerprint density at radius 1 is 1.35 bits per heavy atom. The molecule has 0 aliphatic carbocycles. The van der Waals surface area contributed by atoms with E-state index < -0.39 is 0 Å². The zero-order chi connectivity index (χ0) is 12.5. The molecule has 0 amide bonds. The molecule has 0 unspecified atom stereocenters. The molecular weight excluding hydrogens is 232 g/mol. The summed E-state index contributed by atoms with van der Waals surface area (Å²) in [6.45, 7) is 9.70. The minimum Gasteiger partial charge on any atom is -0.368 e. The first-order valence-electron chi connectivity index (χ1n) is 6.24. The molecule has 1 heterocycles. The lowest BCUT2D eigenvalue weighted by atomic mass is 10.1. The highest BCUT2D eigenvalue weighted by molar-refractivity contribution is 6.33. The number of rotatable bonds is 1. The maximum Gasteiger partial charge on any atom is 0.0642 e. The highest BCUT2D eigenvalue weighted by atomic mass is 35.5. The van der Waals surface area contributed by atoms with Crippen LogP contribution in [0.25, 0.3) is 0 Å². The number of hydrogen-bond donors (Lipinski definition) is 1. The lowest BCUT2D eigenvalue weighted by Gasteiger charge is -2.32.